The van der Waals surface area contributed by atoms with Gasteiger partial charge in [0.15, 0.2) is 0 Å². The summed E-state index contributed by atoms with van der Waals surface area (Å²) in [7, 11) is -3.23. The normalized spacial score (nSPS) is 18.7. The lowest BCUT2D eigenvalue weighted by molar-refractivity contribution is -0.126. The van der Waals surface area contributed by atoms with Gasteiger partial charge < -0.3 is 10.1 Å². The van der Waals surface area contributed by atoms with Gasteiger partial charge in [0.05, 0.1) is 18.2 Å². The maximum atomic E-state index is 12.4. The fourth-order valence-electron chi connectivity index (χ4n) is 3.16. The lowest BCUT2D eigenvalue weighted by atomic mass is 9.99. The zero-order valence-corrected chi connectivity index (χ0v) is 16.7. The van der Waals surface area contributed by atoms with Crippen LogP contribution in [0, 0.1) is 5.92 Å². The molecule has 1 aromatic carbocycles. The minimum absolute atomic E-state index is 0.0738. The molecule has 1 heterocycles. The van der Waals surface area contributed by atoms with Gasteiger partial charge in [-0.1, -0.05) is 32.0 Å². The summed E-state index contributed by atoms with van der Waals surface area (Å²) in [5.74, 6) is 0.906. The van der Waals surface area contributed by atoms with Gasteiger partial charge in [0.2, 0.25) is 15.9 Å². The molecule has 1 N–H and O–H groups in total. The highest BCUT2D eigenvalue weighted by Gasteiger charge is 2.31. The van der Waals surface area contributed by atoms with Crippen LogP contribution in [0.3, 0.4) is 0 Å². The first kappa shape index (κ1) is 20.7. The quantitative estimate of drug-likeness (QED) is 0.701. The van der Waals surface area contributed by atoms with Crippen molar-refractivity contribution in [3.05, 3.63) is 29.8 Å². The zero-order chi connectivity index (χ0) is 19.2. The number of hydrogen-bond acceptors (Lipinski definition) is 4. The summed E-state index contributed by atoms with van der Waals surface area (Å²) in [6.45, 7) is 7.44. The molecule has 1 aliphatic heterocycles. The van der Waals surface area contributed by atoms with E-state index in [2.05, 4.69) is 19.2 Å². The Morgan fingerprint density at radius 1 is 1.35 bits per heavy atom. The Balaban J connectivity index is 1.80. The topological polar surface area (TPSA) is 75.7 Å². The summed E-state index contributed by atoms with van der Waals surface area (Å²) in [4.78, 5) is 12.4. The Morgan fingerprint density at radius 2 is 2.08 bits per heavy atom. The largest absolute Gasteiger partial charge is 0.491 e. The minimum atomic E-state index is -3.23. The number of hydrogen-bond donors (Lipinski definition) is 1. The van der Waals surface area contributed by atoms with Crippen LogP contribution in [0.4, 0.5) is 0 Å². The van der Waals surface area contributed by atoms with Crippen LogP contribution in [0.2, 0.25) is 0 Å². The Morgan fingerprint density at radius 3 is 2.77 bits per heavy atom. The van der Waals surface area contributed by atoms with Crippen LogP contribution in [-0.2, 0) is 14.8 Å². The van der Waals surface area contributed by atoms with E-state index in [4.69, 9.17) is 4.74 Å². The number of nitrogens with zero attached hydrogens (tertiary/aromatic N) is 1. The lowest BCUT2D eigenvalue weighted by Gasteiger charge is -2.30. The number of benzene rings is 1. The van der Waals surface area contributed by atoms with Crippen molar-refractivity contribution in [1.29, 1.82) is 0 Å². The van der Waals surface area contributed by atoms with Gasteiger partial charge in [-0.15, -0.1) is 0 Å². The van der Waals surface area contributed by atoms with E-state index in [1.54, 1.807) is 6.92 Å². The molecule has 0 aromatic heterocycles. The molecule has 0 bridgehead atoms. The number of sulfonamides is 1. The fourth-order valence-corrected chi connectivity index (χ4v) is 4.34. The molecule has 1 aliphatic rings. The van der Waals surface area contributed by atoms with Crippen LogP contribution in [0.1, 0.15) is 45.1 Å². The van der Waals surface area contributed by atoms with Crippen molar-refractivity contribution >= 4 is 15.9 Å². The monoisotopic (exact) mass is 382 g/mol. The van der Waals surface area contributed by atoms with Crippen molar-refractivity contribution in [1.82, 2.24) is 9.62 Å². The van der Waals surface area contributed by atoms with E-state index < -0.39 is 10.0 Å². The van der Waals surface area contributed by atoms with Crippen molar-refractivity contribution in [2.75, 3.05) is 32.0 Å². The Hall–Kier alpha value is -1.60. The Kier molecular flexibility index (Phi) is 7.46. The first-order chi connectivity index (χ1) is 12.3. The van der Waals surface area contributed by atoms with E-state index in [1.165, 1.54) is 4.31 Å². The molecule has 1 atom stereocenters. The summed E-state index contributed by atoms with van der Waals surface area (Å²) in [6.07, 6.45) is 1.44. The van der Waals surface area contributed by atoms with Crippen LogP contribution in [0.15, 0.2) is 24.3 Å². The molecule has 1 amide bonds. The van der Waals surface area contributed by atoms with Gasteiger partial charge in [-0.2, -0.15) is 0 Å². The third-order valence-corrected chi connectivity index (χ3v) is 6.56. The molecule has 7 heteroatoms. The molecule has 1 saturated heterocycles. The molecule has 1 fully saturated rings. The van der Waals surface area contributed by atoms with Gasteiger partial charge in [-0.3, -0.25) is 4.79 Å². The summed E-state index contributed by atoms with van der Waals surface area (Å²) in [5, 5.41) is 2.88. The minimum Gasteiger partial charge on any atom is -0.491 e. The third-order valence-electron chi connectivity index (χ3n) is 4.71. The highest BCUT2D eigenvalue weighted by Crippen LogP contribution is 2.25. The molecular formula is C19H30N2O4S. The van der Waals surface area contributed by atoms with Gasteiger partial charge in [0.1, 0.15) is 12.4 Å². The lowest BCUT2D eigenvalue weighted by Crippen LogP contribution is -2.46. The standard InChI is InChI=1S/C19H30N2O4S/c1-4-26(23,24)21-12-7-8-16(14-21)19(22)20-11-13-25-18-10-6-5-9-17(18)15(2)3/h5-6,9-10,15-16H,4,7-8,11-14H2,1-3H3,(H,20,22)/t16-/m0/s1. The smallest absolute Gasteiger partial charge is 0.224 e. The third kappa shape index (κ3) is 5.45. The number of carbonyl (C=O) groups is 1. The van der Waals surface area contributed by atoms with Crippen LogP contribution >= 0.6 is 0 Å². The molecule has 1 aromatic rings. The number of amides is 1. The van der Waals surface area contributed by atoms with Crippen molar-refractivity contribution in [2.45, 2.75) is 39.5 Å². The molecule has 0 unspecified atom stereocenters. The average Bonchev–Trinajstić information content (AvgIpc) is 2.65. The molecule has 146 valence electrons. The van der Waals surface area contributed by atoms with Gasteiger partial charge >= 0.3 is 0 Å². The maximum absolute atomic E-state index is 12.4. The molecule has 0 aliphatic carbocycles. The maximum Gasteiger partial charge on any atom is 0.224 e. The van der Waals surface area contributed by atoms with Crippen molar-refractivity contribution < 1.29 is 17.9 Å². The molecule has 0 radical (unpaired) electrons. The predicted molar refractivity (Wildman–Crippen MR) is 103 cm³/mol. The van der Waals surface area contributed by atoms with E-state index in [1.807, 2.05) is 24.3 Å². The summed E-state index contributed by atoms with van der Waals surface area (Å²) in [6, 6.07) is 7.91. The second kappa shape index (κ2) is 9.37. The van der Waals surface area contributed by atoms with Crippen LogP contribution in [0.5, 0.6) is 5.75 Å². The van der Waals surface area contributed by atoms with Gasteiger partial charge in [-0.25, -0.2) is 12.7 Å². The van der Waals surface area contributed by atoms with Gasteiger partial charge in [-0.05, 0) is 37.3 Å². The average molecular weight is 383 g/mol. The Labute approximate surface area is 157 Å². The first-order valence-electron chi connectivity index (χ1n) is 9.32. The van der Waals surface area contributed by atoms with Crippen LogP contribution in [-0.4, -0.2) is 50.6 Å². The number of para-hydroxylation sites is 1. The number of nitrogens with one attached hydrogen (secondary N) is 1. The molecule has 2 rings (SSSR count). The van der Waals surface area contributed by atoms with E-state index in [9.17, 15) is 13.2 Å². The van der Waals surface area contributed by atoms with Crippen LogP contribution < -0.4 is 10.1 Å². The van der Waals surface area contributed by atoms with Crippen molar-refractivity contribution in [3.63, 3.8) is 0 Å². The van der Waals surface area contributed by atoms with E-state index in [-0.39, 0.29) is 24.1 Å². The summed E-state index contributed by atoms with van der Waals surface area (Å²) < 4.78 is 31.3. The SMILES string of the molecule is CCS(=O)(=O)N1CCC[C@H](C(=O)NCCOc2ccccc2C(C)C)C1. The van der Waals surface area contributed by atoms with E-state index in [0.717, 1.165) is 24.2 Å². The zero-order valence-electron chi connectivity index (χ0n) is 15.9. The number of rotatable bonds is 8. The van der Waals surface area contributed by atoms with Crippen molar-refractivity contribution in [2.24, 2.45) is 5.92 Å². The predicted octanol–water partition coefficient (Wildman–Crippen LogP) is 2.37. The molecule has 6 nitrogen and oxygen atoms in total. The van der Waals surface area contributed by atoms with Crippen LogP contribution in [0.25, 0.3) is 0 Å². The summed E-state index contributed by atoms with van der Waals surface area (Å²) in [5.41, 5.74) is 1.14. The molecule has 0 spiro atoms. The Bertz CT molecular complexity index is 703. The second-order valence-electron chi connectivity index (χ2n) is 6.93. The highest BCUT2D eigenvalue weighted by molar-refractivity contribution is 7.89. The fraction of sp³-hybridized carbons (Fsp3) is 0.632. The first-order valence-corrected chi connectivity index (χ1v) is 10.9. The van der Waals surface area contributed by atoms with E-state index >= 15 is 0 Å². The van der Waals surface area contributed by atoms with Gasteiger partial charge in [0.25, 0.3) is 0 Å². The number of ether oxygens (including phenoxy) is 1. The van der Waals surface area contributed by atoms with E-state index in [0.29, 0.717) is 25.6 Å². The highest BCUT2D eigenvalue weighted by atomic mass is 32.2. The number of piperidine rings is 1. The second-order valence-corrected chi connectivity index (χ2v) is 9.19. The number of carbonyl (C=O) groups excluding carboxylic acids is 1. The summed E-state index contributed by atoms with van der Waals surface area (Å²) >= 11 is 0. The van der Waals surface area contributed by atoms with Crippen molar-refractivity contribution in [3.8, 4) is 5.75 Å². The molecular weight excluding hydrogens is 352 g/mol. The van der Waals surface area contributed by atoms with Gasteiger partial charge in [0, 0.05) is 13.1 Å². The molecule has 26 heavy (non-hydrogen) atoms. The molecule has 0 saturated carbocycles.